The number of benzene rings is 2. The van der Waals surface area contributed by atoms with Gasteiger partial charge in [-0.05, 0) is 56.2 Å². The number of nitrogens with zero attached hydrogens (tertiary/aromatic N) is 1. The number of halogens is 1. The Morgan fingerprint density at radius 3 is 2.35 bits per heavy atom. The molecule has 0 radical (unpaired) electrons. The normalized spacial score (nSPS) is 11.2. The second kappa shape index (κ2) is 8.56. The zero-order chi connectivity index (χ0) is 19.3. The van der Waals surface area contributed by atoms with Crippen molar-refractivity contribution in [3.8, 4) is 0 Å². The first kappa shape index (κ1) is 20.3. The first-order valence-corrected chi connectivity index (χ1v) is 10.5. The molecule has 0 unspecified atom stereocenters. The lowest BCUT2D eigenvalue weighted by Crippen LogP contribution is -2.31. The minimum Gasteiger partial charge on any atom is -0.326 e. The fourth-order valence-corrected chi connectivity index (χ4v) is 3.75. The molecular formula is C19H23ClN2O3S. The highest BCUT2D eigenvalue weighted by Gasteiger charge is 2.17. The van der Waals surface area contributed by atoms with Gasteiger partial charge in [-0.15, -0.1) is 0 Å². The Balaban J connectivity index is 1.96. The smallest absolute Gasteiger partial charge is 0.232 e. The monoisotopic (exact) mass is 394 g/mol. The summed E-state index contributed by atoms with van der Waals surface area (Å²) < 4.78 is 25.5. The molecule has 0 heterocycles. The van der Waals surface area contributed by atoms with Crippen LogP contribution in [-0.2, 0) is 14.8 Å². The van der Waals surface area contributed by atoms with E-state index < -0.39 is 10.0 Å². The molecule has 1 amide bonds. The number of hydrogen-bond donors (Lipinski definition) is 1. The van der Waals surface area contributed by atoms with Gasteiger partial charge in [-0.1, -0.05) is 29.3 Å². The van der Waals surface area contributed by atoms with Crippen molar-refractivity contribution in [3.63, 3.8) is 0 Å². The van der Waals surface area contributed by atoms with E-state index in [9.17, 15) is 13.2 Å². The molecule has 0 spiro atoms. The van der Waals surface area contributed by atoms with E-state index in [4.69, 9.17) is 11.6 Å². The van der Waals surface area contributed by atoms with Crippen LogP contribution in [0.3, 0.4) is 0 Å². The average Bonchev–Trinajstić information content (AvgIpc) is 2.54. The molecule has 0 aromatic heterocycles. The summed E-state index contributed by atoms with van der Waals surface area (Å²) >= 11 is 5.91. The number of amides is 1. The van der Waals surface area contributed by atoms with E-state index >= 15 is 0 Å². The van der Waals surface area contributed by atoms with Crippen LogP contribution in [0.25, 0.3) is 0 Å². The molecule has 0 aliphatic heterocycles. The van der Waals surface area contributed by atoms with Gasteiger partial charge >= 0.3 is 0 Å². The first-order valence-electron chi connectivity index (χ1n) is 8.27. The molecule has 0 saturated heterocycles. The minimum atomic E-state index is -3.41. The number of anilines is 2. The van der Waals surface area contributed by atoms with Gasteiger partial charge in [0.15, 0.2) is 0 Å². The number of nitrogens with one attached hydrogen (secondary N) is 1. The van der Waals surface area contributed by atoms with Crippen molar-refractivity contribution in [2.24, 2.45) is 0 Å². The molecular weight excluding hydrogens is 372 g/mol. The number of hydrogen-bond acceptors (Lipinski definition) is 3. The van der Waals surface area contributed by atoms with Gasteiger partial charge in [0.1, 0.15) is 0 Å². The Labute approximate surface area is 160 Å². The van der Waals surface area contributed by atoms with Crippen LogP contribution in [0.4, 0.5) is 11.4 Å². The molecule has 26 heavy (non-hydrogen) atoms. The van der Waals surface area contributed by atoms with E-state index in [0.717, 1.165) is 11.1 Å². The second-order valence-electron chi connectivity index (χ2n) is 6.28. The molecule has 0 aliphatic carbocycles. The fourth-order valence-electron chi connectivity index (χ4n) is 2.56. The molecule has 1 N–H and O–H groups in total. The quantitative estimate of drug-likeness (QED) is 0.767. The molecule has 0 atom stereocenters. The van der Waals surface area contributed by atoms with Gasteiger partial charge < -0.3 is 5.32 Å². The summed E-state index contributed by atoms with van der Waals surface area (Å²) in [6.07, 6.45) is 1.81. The van der Waals surface area contributed by atoms with Gasteiger partial charge in [0.25, 0.3) is 0 Å². The zero-order valence-electron chi connectivity index (χ0n) is 15.1. The van der Waals surface area contributed by atoms with E-state index in [2.05, 4.69) is 5.32 Å². The van der Waals surface area contributed by atoms with E-state index in [-0.39, 0.29) is 18.9 Å². The van der Waals surface area contributed by atoms with Crippen LogP contribution in [0.15, 0.2) is 42.5 Å². The highest BCUT2D eigenvalue weighted by Crippen LogP contribution is 2.21. The van der Waals surface area contributed by atoms with Crippen LogP contribution in [0.2, 0.25) is 5.02 Å². The third kappa shape index (κ3) is 5.75. The van der Waals surface area contributed by atoms with Crippen LogP contribution in [0.5, 0.6) is 0 Å². The summed E-state index contributed by atoms with van der Waals surface area (Å²) in [5.74, 6) is -0.159. The van der Waals surface area contributed by atoms with Crippen molar-refractivity contribution in [2.45, 2.75) is 26.7 Å². The molecule has 0 saturated carbocycles. The van der Waals surface area contributed by atoms with E-state index in [1.165, 1.54) is 10.6 Å². The molecule has 7 heteroatoms. The highest BCUT2D eigenvalue weighted by molar-refractivity contribution is 7.92. The predicted octanol–water partition coefficient (Wildman–Crippen LogP) is 4.14. The summed E-state index contributed by atoms with van der Waals surface area (Å²) in [6, 6.07) is 12.5. The molecule has 0 fully saturated rings. The van der Waals surface area contributed by atoms with Crippen molar-refractivity contribution in [3.05, 3.63) is 58.6 Å². The van der Waals surface area contributed by atoms with Gasteiger partial charge in [0, 0.05) is 23.7 Å². The van der Waals surface area contributed by atoms with E-state index in [0.29, 0.717) is 22.8 Å². The van der Waals surface area contributed by atoms with Gasteiger partial charge in [-0.2, -0.15) is 0 Å². The molecule has 2 rings (SSSR count). The fraction of sp³-hybridized carbons (Fsp3) is 0.316. The van der Waals surface area contributed by atoms with Crippen LogP contribution in [-0.4, -0.2) is 27.1 Å². The summed E-state index contributed by atoms with van der Waals surface area (Å²) in [4.78, 5) is 12.1. The Kier molecular flexibility index (Phi) is 6.67. The van der Waals surface area contributed by atoms with Crippen molar-refractivity contribution in [1.29, 1.82) is 0 Å². The standard InChI is InChI=1S/C19H23ClN2O3S/c1-14-6-9-17(10-7-14)22(26(3,24)25)12-4-5-19(23)21-18-11-8-16(20)13-15(18)2/h6-11,13H,4-5,12H2,1-3H3,(H,21,23). The second-order valence-corrected chi connectivity index (χ2v) is 8.62. The van der Waals surface area contributed by atoms with Crippen molar-refractivity contribution in [1.82, 2.24) is 0 Å². The number of carbonyl (C=O) groups excluding carboxylic acids is 1. The maximum atomic E-state index is 12.1. The highest BCUT2D eigenvalue weighted by atomic mass is 35.5. The molecule has 140 valence electrons. The van der Waals surface area contributed by atoms with Gasteiger partial charge in [0.2, 0.25) is 15.9 Å². The Bertz CT molecular complexity index is 880. The predicted molar refractivity (Wildman–Crippen MR) is 107 cm³/mol. The first-order chi connectivity index (χ1) is 12.2. The van der Waals surface area contributed by atoms with Crippen LogP contribution in [0.1, 0.15) is 24.0 Å². The lowest BCUT2D eigenvalue weighted by Gasteiger charge is -2.22. The SMILES string of the molecule is Cc1ccc(N(CCCC(=O)Nc2ccc(Cl)cc2C)S(C)(=O)=O)cc1. The lowest BCUT2D eigenvalue weighted by molar-refractivity contribution is -0.116. The third-order valence-corrected chi connectivity index (χ3v) is 5.38. The summed E-state index contributed by atoms with van der Waals surface area (Å²) in [7, 11) is -3.41. The molecule has 0 bridgehead atoms. The van der Waals surface area contributed by atoms with E-state index in [1.54, 1.807) is 30.3 Å². The van der Waals surface area contributed by atoms with Crippen LogP contribution in [0, 0.1) is 13.8 Å². The van der Waals surface area contributed by atoms with Gasteiger partial charge in [-0.25, -0.2) is 8.42 Å². The van der Waals surface area contributed by atoms with Crippen molar-refractivity contribution in [2.75, 3.05) is 22.4 Å². The molecule has 0 aliphatic rings. The average molecular weight is 395 g/mol. The molecule has 5 nitrogen and oxygen atoms in total. The maximum Gasteiger partial charge on any atom is 0.232 e. The third-order valence-electron chi connectivity index (χ3n) is 3.95. The Hall–Kier alpha value is -2.05. The van der Waals surface area contributed by atoms with Crippen molar-refractivity contribution < 1.29 is 13.2 Å². The Morgan fingerprint density at radius 2 is 1.77 bits per heavy atom. The van der Waals surface area contributed by atoms with Crippen molar-refractivity contribution >= 4 is 38.9 Å². The van der Waals surface area contributed by atoms with Crippen LogP contribution >= 0.6 is 11.6 Å². The minimum absolute atomic E-state index is 0.159. The summed E-state index contributed by atoms with van der Waals surface area (Å²) in [5.41, 5.74) is 3.24. The largest absolute Gasteiger partial charge is 0.326 e. The number of rotatable bonds is 7. The van der Waals surface area contributed by atoms with Gasteiger partial charge in [-0.3, -0.25) is 9.10 Å². The number of sulfonamides is 1. The molecule has 2 aromatic carbocycles. The molecule has 2 aromatic rings. The summed E-state index contributed by atoms with van der Waals surface area (Å²) in [5, 5.41) is 3.44. The van der Waals surface area contributed by atoms with E-state index in [1.807, 2.05) is 26.0 Å². The zero-order valence-corrected chi connectivity index (χ0v) is 16.7. The Morgan fingerprint density at radius 1 is 1.12 bits per heavy atom. The number of carbonyl (C=O) groups is 1. The lowest BCUT2D eigenvalue weighted by atomic mass is 10.2. The maximum absolute atomic E-state index is 12.1. The summed E-state index contributed by atoms with van der Waals surface area (Å²) in [6.45, 7) is 4.05. The van der Waals surface area contributed by atoms with Crippen LogP contribution < -0.4 is 9.62 Å². The van der Waals surface area contributed by atoms with Gasteiger partial charge in [0.05, 0.1) is 11.9 Å². The number of aryl methyl sites for hydroxylation is 2. The topological polar surface area (TPSA) is 66.5 Å².